The first-order valence-corrected chi connectivity index (χ1v) is 10.4. The number of rotatable bonds is 3. The number of ketones is 1. The summed E-state index contributed by atoms with van der Waals surface area (Å²) in [6.45, 7) is 7.84. The number of Topliss-reactive ketones (excluding diaryl/α,β-unsaturated/α-hetero) is 1. The average Bonchev–Trinajstić information content (AvgIpc) is 2.66. The number of nitrogens with one attached hydrogen (secondary N) is 1. The van der Waals surface area contributed by atoms with E-state index in [-0.39, 0.29) is 22.9 Å². The van der Waals surface area contributed by atoms with E-state index in [9.17, 15) is 14.0 Å². The fraction of sp³-hybridized carbons (Fsp3) is 0.360. The Hall–Kier alpha value is -3.15. The minimum Gasteiger partial charge on any atom is -0.310 e. The van der Waals surface area contributed by atoms with E-state index in [1.165, 1.54) is 12.1 Å². The molecule has 0 bridgehead atoms. The van der Waals surface area contributed by atoms with Gasteiger partial charge in [-0.15, -0.1) is 0 Å². The first-order chi connectivity index (χ1) is 14.6. The standard InChI is InChI=1S/C25H26FN3O2/c1-14-9-10-27-20(11-14)29-24(31)21-15(2)28-18-12-25(3,4)13-19(30)23(18)22(21)16-5-7-17(26)8-6-16/h5-11,21-22H,12-13H2,1-4H3,(H,27,29,31)/t21?,22-/m0/s1. The predicted octanol–water partition coefficient (Wildman–Crippen LogP) is 4.99. The van der Waals surface area contributed by atoms with Crippen LogP contribution in [0.4, 0.5) is 10.2 Å². The van der Waals surface area contributed by atoms with E-state index in [0.29, 0.717) is 29.9 Å². The highest BCUT2D eigenvalue weighted by Crippen LogP contribution is 2.47. The maximum absolute atomic E-state index is 13.6. The number of halogens is 1. The van der Waals surface area contributed by atoms with Crippen LogP contribution in [0.25, 0.3) is 0 Å². The van der Waals surface area contributed by atoms with Crippen molar-refractivity contribution in [1.82, 2.24) is 4.98 Å². The Balaban J connectivity index is 1.79. The topological polar surface area (TPSA) is 71.4 Å². The summed E-state index contributed by atoms with van der Waals surface area (Å²) in [6, 6.07) is 9.68. The normalized spacial score (nSPS) is 22.6. The van der Waals surface area contributed by atoms with Gasteiger partial charge in [-0.3, -0.25) is 14.6 Å². The molecule has 2 heterocycles. The summed E-state index contributed by atoms with van der Waals surface area (Å²) in [7, 11) is 0. The number of allylic oxidation sites excluding steroid dienone is 2. The molecule has 1 amide bonds. The van der Waals surface area contributed by atoms with Crippen molar-refractivity contribution in [1.29, 1.82) is 0 Å². The summed E-state index contributed by atoms with van der Waals surface area (Å²) in [5.74, 6) is -1.38. The first-order valence-electron chi connectivity index (χ1n) is 10.4. The second-order valence-corrected chi connectivity index (χ2v) is 9.27. The van der Waals surface area contributed by atoms with Gasteiger partial charge >= 0.3 is 0 Å². The molecule has 2 atom stereocenters. The Morgan fingerprint density at radius 1 is 1.13 bits per heavy atom. The van der Waals surface area contributed by atoms with Gasteiger partial charge in [-0.1, -0.05) is 26.0 Å². The number of amides is 1. The first kappa shape index (κ1) is 21.1. The summed E-state index contributed by atoms with van der Waals surface area (Å²) >= 11 is 0. The number of benzene rings is 1. The predicted molar refractivity (Wildman–Crippen MR) is 118 cm³/mol. The van der Waals surface area contributed by atoms with Crippen LogP contribution in [0.2, 0.25) is 0 Å². The molecule has 1 aromatic carbocycles. The smallest absolute Gasteiger partial charge is 0.235 e. The molecule has 6 heteroatoms. The van der Waals surface area contributed by atoms with Crippen LogP contribution < -0.4 is 5.32 Å². The number of hydrogen-bond donors (Lipinski definition) is 1. The zero-order valence-corrected chi connectivity index (χ0v) is 18.2. The molecule has 160 valence electrons. The zero-order valence-electron chi connectivity index (χ0n) is 18.2. The van der Waals surface area contributed by atoms with Crippen molar-refractivity contribution in [3.8, 4) is 0 Å². The van der Waals surface area contributed by atoms with E-state index in [0.717, 1.165) is 16.8 Å². The average molecular weight is 420 g/mol. The molecule has 1 aliphatic heterocycles. The number of aromatic nitrogens is 1. The molecule has 0 fully saturated rings. The highest BCUT2D eigenvalue weighted by atomic mass is 19.1. The number of pyridine rings is 1. The van der Waals surface area contributed by atoms with Gasteiger partial charge in [0.1, 0.15) is 11.6 Å². The number of anilines is 1. The number of nitrogens with zero attached hydrogens (tertiary/aromatic N) is 2. The molecule has 1 aromatic heterocycles. The SMILES string of the molecule is CC1=NC2=C(C(=O)CC(C)(C)C2)[C@@H](c2ccc(F)cc2)C1C(=O)Nc1cc(C)ccn1. The van der Waals surface area contributed by atoms with Crippen LogP contribution in [-0.2, 0) is 9.59 Å². The maximum Gasteiger partial charge on any atom is 0.235 e. The number of aryl methyl sites for hydroxylation is 1. The summed E-state index contributed by atoms with van der Waals surface area (Å²) in [5, 5.41) is 2.88. The van der Waals surface area contributed by atoms with E-state index < -0.39 is 11.8 Å². The van der Waals surface area contributed by atoms with Gasteiger partial charge < -0.3 is 5.32 Å². The lowest BCUT2D eigenvalue weighted by Gasteiger charge is -2.39. The highest BCUT2D eigenvalue weighted by molar-refractivity contribution is 6.13. The van der Waals surface area contributed by atoms with Gasteiger partial charge in [-0.25, -0.2) is 9.37 Å². The minimum absolute atomic E-state index is 0.00306. The molecule has 0 saturated heterocycles. The molecule has 1 unspecified atom stereocenters. The van der Waals surface area contributed by atoms with E-state index in [4.69, 9.17) is 4.99 Å². The van der Waals surface area contributed by atoms with E-state index in [1.807, 2.05) is 19.9 Å². The fourth-order valence-electron chi connectivity index (χ4n) is 4.62. The summed E-state index contributed by atoms with van der Waals surface area (Å²) in [4.78, 5) is 35.6. The lowest BCUT2D eigenvalue weighted by Crippen LogP contribution is -2.41. The van der Waals surface area contributed by atoms with Crippen LogP contribution in [-0.4, -0.2) is 22.4 Å². The van der Waals surface area contributed by atoms with Crippen molar-refractivity contribution < 1.29 is 14.0 Å². The molecule has 1 N–H and O–H groups in total. The van der Waals surface area contributed by atoms with Gasteiger partial charge in [0.25, 0.3) is 0 Å². The van der Waals surface area contributed by atoms with Crippen molar-refractivity contribution in [2.45, 2.75) is 46.5 Å². The molecule has 4 rings (SSSR count). The minimum atomic E-state index is -0.684. The highest BCUT2D eigenvalue weighted by Gasteiger charge is 2.45. The largest absolute Gasteiger partial charge is 0.310 e. The van der Waals surface area contributed by atoms with Crippen molar-refractivity contribution in [2.75, 3.05) is 5.32 Å². The lowest BCUT2D eigenvalue weighted by molar-refractivity contribution is -0.119. The van der Waals surface area contributed by atoms with Crippen molar-refractivity contribution in [3.63, 3.8) is 0 Å². The summed E-state index contributed by atoms with van der Waals surface area (Å²) in [5.41, 5.74) is 3.48. The van der Waals surface area contributed by atoms with E-state index in [2.05, 4.69) is 24.1 Å². The zero-order chi connectivity index (χ0) is 22.3. The van der Waals surface area contributed by atoms with E-state index in [1.54, 1.807) is 24.4 Å². The molecule has 31 heavy (non-hydrogen) atoms. The van der Waals surface area contributed by atoms with Gasteiger partial charge in [-0.2, -0.15) is 0 Å². The van der Waals surface area contributed by atoms with E-state index >= 15 is 0 Å². The molecular formula is C25H26FN3O2. The molecule has 0 spiro atoms. The third kappa shape index (κ3) is 4.20. The molecule has 0 saturated carbocycles. The number of hydrogen-bond acceptors (Lipinski definition) is 4. The van der Waals surface area contributed by atoms with Crippen LogP contribution in [0.15, 0.2) is 58.9 Å². The van der Waals surface area contributed by atoms with Gasteiger partial charge in [0, 0.05) is 35.5 Å². The Morgan fingerprint density at radius 3 is 2.52 bits per heavy atom. The lowest BCUT2D eigenvalue weighted by atomic mass is 9.66. The second kappa shape index (κ2) is 7.84. The molecule has 2 aliphatic rings. The quantitative estimate of drug-likeness (QED) is 0.762. The van der Waals surface area contributed by atoms with Crippen molar-refractivity contribution in [3.05, 3.63) is 70.8 Å². The van der Waals surface area contributed by atoms with Gasteiger partial charge in [0.15, 0.2) is 5.78 Å². The fourth-order valence-corrected chi connectivity index (χ4v) is 4.62. The summed E-state index contributed by atoms with van der Waals surface area (Å²) in [6.07, 6.45) is 2.69. The molecule has 1 aliphatic carbocycles. The van der Waals surface area contributed by atoms with Gasteiger partial charge in [-0.05, 0) is 61.1 Å². The van der Waals surface area contributed by atoms with Gasteiger partial charge in [0.05, 0.1) is 5.92 Å². The second-order valence-electron chi connectivity index (χ2n) is 9.27. The Labute approximate surface area is 181 Å². The van der Waals surface area contributed by atoms with Crippen LogP contribution >= 0.6 is 0 Å². The molecule has 0 radical (unpaired) electrons. The Bertz CT molecular complexity index is 1120. The summed E-state index contributed by atoms with van der Waals surface area (Å²) < 4.78 is 13.6. The molecular weight excluding hydrogens is 393 g/mol. The maximum atomic E-state index is 13.6. The monoisotopic (exact) mass is 419 g/mol. The van der Waals surface area contributed by atoms with Crippen molar-refractivity contribution >= 4 is 23.2 Å². The van der Waals surface area contributed by atoms with Crippen LogP contribution in [0.5, 0.6) is 0 Å². The van der Waals surface area contributed by atoms with Crippen LogP contribution in [0.3, 0.4) is 0 Å². The third-order valence-electron chi connectivity index (χ3n) is 5.98. The molecule has 2 aromatic rings. The number of carbonyl (C=O) groups excluding carboxylic acids is 2. The van der Waals surface area contributed by atoms with Crippen LogP contribution in [0, 0.1) is 24.1 Å². The molecule has 5 nitrogen and oxygen atoms in total. The van der Waals surface area contributed by atoms with Crippen LogP contribution in [0.1, 0.15) is 50.7 Å². The van der Waals surface area contributed by atoms with Crippen molar-refractivity contribution in [2.24, 2.45) is 16.3 Å². The Kier molecular flexibility index (Phi) is 5.33. The number of carbonyl (C=O) groups is 2. The van der Waals surface area contributed by atoms with Gasteiger partial charge in [0.2, 0.25) is 5.91 Å². The number of aliphatic imine (C=N–C) groups is 1. The Morgan fingerprint density at radius 2 is 1.84 bits per heavy atom. The third-order valence-corrected chi connectivity index (χ3v) is 5.98.